The van der Waals surface area contributed by atoms with E-state index in [9.17, 15) is 4.39 Å². The van der Waals surface area contributed by atoms with E-state index in [1.54, 1.807) is 12.1 Å². The molecule has 0 aliphatic carbocycles. The molecule has 6 nitrogen and oxygen atoms in total. The highest BCUT2D eigenvalue weighted by molar-refractivity contribution is 5.79. The van der Waals surface area contributed by atoms with Crippen molar-refractivity contribution < 1.29 is 9.13 Å². The maximum atomic E-state index is 13.3. The predicted octanol–water partition coefficient (Wildman–Crippen LogP) is 1.93. The molecule has 1 saturated heterocycles. The molecule has 1 aromatic carbocycles. The van der Waals surface area contributed by atoms with Crippen LogP contribution in [0.5, 0.6) is 0 Å². The number of morpholine rings is 1. The summed E-state index contributed by atoms with van der Waals surface area (Å²) in [6.45, 7) is 10.3. The highest BCUT2D eigenvalue weighted by Gasteiger charge is 2.09. The molecule has 1 heterocycles. The van der Waals surface area contributed by atoms with Crippen molar-refractivity contribution in [1.29, 1.82) is 0 Å². The lowest BCUT2D eigenvalue weighted by Crippen LogP contribution is -2.40. The van der Waals surface area contributed by atoms with Gasteiger partial charge in [0.15, 0.2) is 5.96 Å². The number of nitrogens with zero attached hydrogens (tertiary/aromatic N) is 3. The van der Waals surface area contributed by atoms with Crippen LogP contribution < -0.4 is 15.5 Å². The minimum Gasteiger partial charge on any atom is -0.379 e. The topological polar surface area (TPSA) is 52.1 Å². The Morgan fingerprint density at radius 2 is 2.07 bits per heavy atom. The van der Waals surface area contributed by atoms with Crippen LogP contribution >= 0.6 is 0 Å². The molecule has 2 N–H and O–H groups in total. The average Bonchev–Trinajstić information content (AvgIpc) is 2.69. The second-order valence-corrected chi connectivity index (χ2v) is 6.75. The second-order valence-electron chi connectivity index (χ2n) is 6.75. The molecule has 152 valence electrons. The lowest BCUT2D eigenvalue weighted by molar-refractivity contribution is 0.0376. The van der Waals surface area contributed by atoms with Crippen LogP contribution in [-0.4, -0.2) is 76.9 Å². The van der Waals surface area contributed by atoms with Crippen molar-refractivity contribution in [3.8, 4) is 0 Å². The third kappa shape index (κ3) is 8.58. The number of benzene rings is 1. The number of ether oxygens (including phenoxy) is 1. The van der Waals surface area contributed by atoms with E-state index < -0.39 is 0 Å². The van der Waals surface area contributed by atoms with Gasteiger partial charge in [0.25, 0.3) is 0 Å². The van der Waals surface area contributed by atoms with Gasteiger partial charge in [0.2, 0.25) is 0 Å². The molecular formula is C20H34FN5O. The molecule has 0 aromatic heterocycles. The zero-order valence-electron chi connectivity index (χ0n) is 16.7. The molecule has 2 rings (SSSR count). The Hall–Kier alpha value is -1.86. The van der Waals surface area contributed by atoms with E-state index in [0.717, 1.165) is 83.5 Å². The van der Waals surface area contributed by atoms with Gasteiger partial charge in [-0.1, -0.05) is 6.07 Å². The molecule has 1 aromatic rings. The Kier molecular flexibility index (Phi) is 9.94. The van der Waals surface area contributed by atoms with Crippen molar-refractivity contribution in [2.75, 3.05) is 71.0 Å². The Balaban J connectivity index is 1.64. The van der Waals surface area contributed by atoms with Crippen molar-refractivity contribution >= 4 is 11.6 Å². The van der Waals surface area contributed by atoms with E-state index in [-0.39, 0.29) is 5.82 Å². The van der Waals surface area contributed by atoms with E-state index in [1.165, 1.54) is 6.07 Å². The van der Waals surface area contributed by atoms with Gasteiger partial charge in [-0.05, 0) is 44.5 Å². The van der Waals surface area contributed by atoms with E-state index in [1.807, 2.05) is 13.1 Å². The zero-order valence-corrected chi connectivity index (χ0v) is 16.7. The van der Waals surface area contributed by atoms with Crippen LogP contribution in [0.2, 0.25) is 0 Å². The normalized spacial score (nSPS) is 15.6. The maximum Gasteiger partial charge on any atom is 0.191 e. The summed E-state index contributed by atoms with van der Waals surface area (Å²) in [5.74, 6) is 0.668. The average molecular weight is 380 g/mol. The number of nitrogens with one attached hydrogen (secondary N) is 2. The molecule has 1 fully saturated rings. The number of hydrogen-bond acceptors (Lipinski definition) is 4. The van der Waals surface area contributed by atoms with Crippen LogP contribution in [0.15, 0.2) is 29.3 Å². The van der Waals surface area contributed by atoms with E-state index in [4.69, 9.17) is 4.74 Å². The molecule has 0 saturated carbocycles. The first kappa shape index (κ1) is 21.4. The fourth-order valence-electron chi connectivity index (χ4n) is 3.02. The molecule has 0 bridgehead atoms. The Bertz CT molecular complexity index is 563. The van der Waals surface area contributed by atoms with E-state index >= 15 is 0 Å². The van der Waals surface area contributed by atoms with Gasteiger partial charge in [-0.25, -0.2) is 4.39 Å². The molecule has 1 aliphatic rings. The fourth-order valence-corrected chi connectivity index (χ4v) is 3.02. The van der Waals surface area contributed by atoms with Crippen molar-refractivity contribution in [2.45, 2.75) is 19.8 Å². The minimum atomic E-state index is -0.201. The molecular weight excluding hydrogens is 345 g/mol. The molecule has 0 spiro atoms. The standard InChI is InChI=1S/C20H34FN5O/c1-3-22-20(24-10-6-12-26-13-15-27-16-14-26)23-9-5-11-25(2)19-8-4-7-18(21)17-19/h4,7-8,17H,3,5-6,9-16H2,1-2H3,(H2,22,23,24). The third-order valence-electron chi connectivity index (χ3n) is 4.56. The molecule has 0 amide bonds. The van der Waals surface area contributed by atoms with Crippen molar-refractivity contribution in [2.24, 2.45) is 4.99 Å². The van der Waals surface area contributed by atoms with Crippen LogP contribution in [0.1, 0.15) is 19.8 Å². The smallest absolute Gasteiger partial charge is 0.191 e. The summed E-state index contributed by atoms with van der Waals surface area (Å²) in [5, 5.41) is 6.70. The zero-order chi connectivity index (χ0) is 19.3. The Labute approximate surface area is 162 Å². The first-order chi connectivity index (χ1) is 13.2. The van der Waals surface area contributed by atoms with Crippen LogP contribution in [-0.2, 0) is 4.74 Å². The number of halogens is 1. The summed E-state index contributed by atoms with van der Waals surface area (Å²) in [6, 6.07) is 6.69. The lowest BCUT2D eigenvalue weighted by Gasteiger charge is -2.26. The Morgan fingerprint density at radius 1 is 1.26 bits per heavy atom. The summed E-state index contributed by atoms with van der Waals surface area (Å²) in [7, 11) is 1.98. The van der Waals surface area contributed by atoms with Gasteiger partial charge < -0.3 is 20.3 Å². The fraction of sp³-hybridized carbons (Fsp3) is 0.650. The van der Waals surface area contributed by atoms with Gasteiger partial charge in [-0.2, -0.15) is 0 Å². The maximum absolute atomic E-state index is 13.3. The number of hydrogen-bond donors (Lipinski definition) is 2. The van der Waals surface area contributed by atoms with Gasteiger partial charge in [-0.15, -0.1) is 0 Å². The number of aliphatic imine (C=N–C) groups is 1. The lowest BCUT2D eigenvalue weighted by atomic mass is 10.2. The minimum absolute atomic E-state index is 0.201. The number of rotatable bonds is 10. The highest BCUT2D eigenvalue weighted by Crippen LogP contribution is 2.13. The third-order valence-corrected chi connectivity index (χ3v) is 4.56. The first-order valence-electron chi connectivity index (χ1n) is 9.98. The molecule has 0 unspecified atom stereocenters. The molecule has 0 atom stereocenters. The van der Waals surface area contributed by atoms with E-state index in [2.05, 4.69) is 32.3 Å². The van der Waals surface area contributed by atoms with Gasteiger partial charge in [0.05, 0.1) is 13.2 Å². The van der Waals surface area contributed by atoms with Crippen molar-refractivity contribution in [3.63, 3.8) is 0 Å². The predicted molar refractivity (Wildman–Crippen MR) is 110 cm³/mol. The number of guanidine groups is 1. The van der Waals surface area contributed by atoms with Gasteiger partial charge in [0, 0.05) is 52.0 Å². The summed E-state index contributed by atoms with van der Waals surface area (Å²) in [4.78, 5) is 9.14. The molecule has 7 heteroatoms. The quantitative estimate of drug-likeness (QED) is 0.370. The van der Waals surface area contributed by atoms with Crippen molar-refractivity contribution in [3.05, 3.63) is 30.1 Å². The SMILES string of the molecule is CCNC(=NCCCN(C)c1cccc(F)c1)NCCCN1CCOCC1. The van der Waals surface area contributed by atoms with E-state index in [0.29, 0.717) is 0 Å². The van der Waals surface area contributed by atoms with Crippen LogP contribution in [0, 0.1) is 5.82 Å². The molecule has 27 heavy (non-hydrogen) atoms. The van der Waals surface area contributed by atoms with Gasteiger partial charge in [0.1, 0.15) is 5.82 Å². The molecule has 0 radical (unpaired) electrons. The summed E-state index contributed by atoms with van der Waals surface area (Å²) in [5.41, 5.74) is 0.895. The Morgan fingerprint density at radius 3 is 2.81 bits per heavy atom. The van der Waals surface area contributed by atoms with Crippen LogP contribution in [0.4, 0.5) is 10.1 Å². The monoisotopic (exact) mass is 379 g/mol. The van der Waals surface area contributed by atoms with Gasteiger partial charge in [-0.3, -0.25) is 9.89 Å². The molecule has 1 aliphatic heterocycles. The largest absolute Gasteiger partial charge is 0.379 e. The highest BCUT2D eigenvalue weighted by atomic mass is 19.1. The van der Waals surface area contributed by atoms with Crippen molar-refractivity contribution in [1.82, 2.24) is 15.5 Å². The summed E-state index contributed by atoms with van der Waals surface area (Å²) < 4.78 is 18.7. The van der Waals surface area contributed by atoms with Crippen LogP contribution in [0.25, 0.3) is 0 Å². The summed E-state index contributed by atoms with van der Waals surface area (Å²) >= 11 is 0. The first-order valence-corrected chi connectivity index (χ1v) is 9.98. The summed E-state index contributed by atoms with van der Waals surface area (Å²) in [6.07, 6.45) is 2.00. The van der Waals surface area contributed by atoms with Gasteiger partial charge >= 0.3 is 0 Å². The van der Waals surface area contributed by atoms with Crippen LogP contribution in [0.3, 0.4) is 0 Å². The second kappa shape index (κ2) is 12.5. The number of anilines is 1.